The lowest BCUT2D eigenvalue weighted by Gasteiger charge is -2.10. The second kappa shape index (κ2) is 6.10. The van der Waals surface area contributed by atoms with Crippen LogP contribution in [-0.4, -0.2) is 0 Å². The first-order chi connectivity index (χ1) is 9.08. The van der Waals surface area contributed by atoms with Crippen molar-refractivity contribution >= 4 is 21.6 Å². The number of para-hydroxylation sites is 1. The fraction of sp³-hybridized carbons (Fsp3) is 0.143. The van der Waals surface area contributed by atoms with Gasteiger partial charge in [-0.1, -0.05) is 30.3 Å². The van der Waals surface area contributed by atoms with Gasteiger partial charge < -0.3 is 5.32 Å². The fourth-order valence-corrected chi connectivity index (χ4v) is 2.12. The van der Waals surface area contributed by atoms with E-state index in [4.69, 9.17) is 0 Å². The molecule has 2 rings (SSSR count). The first-order valence-corrected chi connectivity index (χ1v) is 6.42. The molecule has 0 fully saturated rings. The largest absolute Gasteiger partial charge is 0.378 e. The van der Waals surface area contributed by atoms with E-state index in [1.54, 1.807) is 24.3 Å². The van der Waals surface area contributed by atoms with Crippen LogP contribution in [0.25, 0.3) is 0 Å². The van der Waals surface area contributed by atoms with Crippen molar-refractivity contribution in [1.82, 2.24) is 0 Å². The Kier molecular flexibility index (Phi) is 4.47. The maximum absolute atomic E-state index is 13.5. The number of alkyl halides is 2. The summed E-state index contributed by atoms with van der Waals surface area (Å²) in [6.07, 6.45) is -2.47. The Labute approximate surface area is 117 Å². The Morgan fingerprint density at radius 3 is 2.32 bits per heavy atom. The van der Waals surface area contributed by atoms with Gasteiger partial charge in [-0.2, -0.15) is 0 Å². The van der Waals surface area contributed by atoms with E-state index in [2.05, 4.69) is 21.2 Å². The van der Waals surface area contributed by atoms with Gasteiger partial charge in [0.25, 0.3) is 6.43 Å². The first kappa shape index (κ1) is 13.9. The van der Waals surface area contributed by atoms with Crippen LogP contribution in [0.15, 0.2) is 46.9 Å². The predicted octanol–water partition coefficient (Wildman–Crippen LogP) is 5.14. The van der Waals surface area contributed by atoms with Gasteiger partial charge in [0, 0.05) is 16.6 Å². The zero-order chi connectivity index (χ0) is 13.8. The van der Waals surface area contributed by atoms with Crippen molar-refractivity contribution in [3.8, 4) is 0 Å². The third kappa shape index (κ3) is 3.50. The molecule has 0 aliphatic heterocycles. The highest BCUT2D eigenvalue weighted by Gasteiger charge is 2.07. The average molecular weight is 330 g/mol. The number of benzene rings is 2. The Hall–Kier alpha value is -1.49. The lowest BCUT2D eigenvalue weighted by atomic mass is 10.1. The van der Waals surface area contributed by atoms with Crippen LogP contribution in [0.2, 0.25) is 0 Å². The molecule has 0 aliphatic rings. The third-order valence-electron chi connectivity index (χ3n) is 2.66. The highest BCUT2D eigenvalue weighted by molar-refractivity contribution is 9.10. The summed E-state index contributed by atoms with van der Waals surface area (Å²) in [6.45, 7) is 0.364. The molecule has 19 heavy (non-hydrogen) atoms. The maximum atomic E-state index is 13.5. The molecule has 2 aromatic carbocycles. The van der Waals surface area contributed by atoms with Crippen LogP contribution in [0, 0.1) is 5.82 Å². The molecule has 0 radical (unpaired) electrons. The van der Waals surface area contributed by atoms with Gasteiger partial charge in [-0.05, 0) is 33.6 Å². The third-order valence-corrected chi connectivity index (χ3v) is 3.32. The lowest BCUT2D eigenvalue weighted by Crippen LogP contribution is -2.02. The molecule has 5 heteroatoms. The minimum absolute atomic E-state index is 0.0178. The number of nitrogens with one attached hydrogen (secondary N) is 1. The first-order valence-electron chi connectivity index (χ1n) is 5.63. The molecule has 0 atom stereocenters. The summed E-state index contributed by atoms with van der Waals surface area (Å²) in [6, 6.07) is 10.6. The van der Waals surface area contributed by atoms with E-state index < -0.39 is 6.43 Å². The molecule has 0 amide bonds. The molecule has 100 valence electrons. The molecule has 0 bridgehead atoms. The topological polar surface area (TPSA) is 12.0 Å². The van der Waals surface area contributed by atoms with E-state index in [0.717, 1.165) is 5.56 Å². The molecule has 0 heterocycles. The summed E-state index contributed by atoms with van der Waals surface area (Å²) < 4.78 is 38.9. The van der Waals surface area contributed by atoms with E-state index in [1.165, 1.54) is 18.2 Å². The second-order valence-corrected chi connectivity index (χ2v) is 4.85. The van der Waals surface area contributed by atoms with Crippen molar-refractivity contribution < 1.29 is 13.2 Å². The quantitative estimate of drug-likeness (QED) is 0.819. The summed E-state index contributed by atoms with van der Waals surface area (Å²) >= 11 is 3.25. The van der Waals surface area contributed by atoms with Gasteiger partial charge in [-0.3, -0.25) is 0 Å². The molecule has 0 unspecified atom stereocenters. The van der Waals surface area contributed by atoms with Crippen LogP contribution in [0.5, 0.6) is 0 Å². The van der Waals surface area contributed by atoms with Gasteiger partial charge in [0.05, 0.1) is 5.69 Å². The van der Waals surface area contributed by atoms with Crippen LogP contribution >= 0.6 is 15.9 Å². The van der Waals surface area contributed by atoms with Crippen molar-refractivity contribution in [2.45, 2.75) is 13.0 Å². The van der Waals surface area contributed by atoms with Crippen LogP contribution in [-0.2, 0) is 6.54 Å². The second-order valence-electron chi connectivity index (χ2n) is 3.99. The highest BCUT2D eigenvalue weighted by Crippen LogP contribution is 2.26. The summed E-state index contributed by atoms with van der Waals surface area (Å²) in [7, 11) is 0. The smallest absolute Gasteiger partial charge is 0.263 e. The predicted molar refractivity (Wildman–Crippen MR) is 72.8 cm³/mol. The number of hydrogen-bond donors (Lipinski definition) is 1. The van der Waals surface area contributed by atoms with E-state index in [-0.39, 0.29) is 11.4 Å². The maximum Gasteiger partial charge on any atom is 0.263 e. The molecule has 0 aromatic heterocycles. The molecule has 0 saturated heterocycles. The van der Waals surface area contributed by atoms with Crippen LogP contribution in [0.4, 0.5) is 18.9 Å². The van der Waals surface area contributed by atoms with Gasteiger partial charge in [0.2, 0.25) is 0 Å². The van der Waals surface area contributed by atoms with Crippen LogP contribution in [0.3, 0.4) is 0 Å². The van der Waals surface area contributed by atoms with E-state index in [1.807, 2.05) is 0 Å². The van der Waals surface area contributed by atoms with Gasteiger partial charge >= 0.3 is 0 Å². The zero-order valence-electron chi connectivity index (χ0n) is 9.84. The summed E-state index contributed by atoms with van der Waals surface area (Å²) in [4.78, 5) is 0. The number of halogens is 4. The number of hydrogen-bond acceptors (Lipinski definition) is 1. The Morgan fingerprint density at radius 1 is 1.05 bits per heavy atom. The molecule has 1 nitrogen and oxygen atoms in total. The Bertz CT molecular complexity index is 535. The van der Waals surface area contributed by atoms with Crippen molar-refractivity contribution in [3.63, 3.8) is 0 Å². The number of anilines is 1. The molecule has 0 aliphatic carbocycles. The van der Waals surface area contributed by atoms with E-state index in [0.29, 0.717) is 16.7 Å². The van der Waals surface area contributed by atoms with Crippen molar-refractivity contribution in [3.05, 3.63) is 63.9 Å². The monoisotopic (exact) mass is 329 g/mol. The van der Waals surface area contributed by atoms with Crippen molar-refractivity contribution in [2.75, 3.05) is 5.32 Å². The normalized spacial score (nSPS) is 10.8. The van der Waals surface area contributed by atoms with Gasteiger partial charge in [0.15, 0.2) is 0 Å². The zero-order valence-corrected chi connectivity index (χ0v) is 11.4. The Balaban J connectivity index is 2.06. The highest BCUT2D eigenvalue weighted by atomic mass is 79.9. The van der Waals surface area contributed by atoms with Crippen molar-refractivity contribution in [2.24, 2.45) is 0 Å². The standard InChI is InChI=1S/C14H11BrF3N/c15-11-2-1-3-12(16)13(11)19-8-9-4-6-10(7-5-9)14(17)18/h1-7,14,19H,8H2. The Morgan fingerprint density at radius 2 is 1.74 bits per heavy atom. The average Bonchev–Trinajstić information content (AvgIpc) is 2.38. The molecular formula is C14H11BrF3N. The summed E-state index contributed by atoms with van der Waals surface area (Å²) in [5.74, 6) is -0.362. The molecule has 0 spiro atoms. The fourth-order valence-electron chi connectivity index (χ4n) is 1.64. The van der Waals surface area contributed by atoms with Gasteiger partial charge in [-0.15, -0.1) is 0 Å². The summed E-state index contributed by atoms with van der Waals surface area (Å²) in [5.41, 5.74) is 1.15. The van der Waals surface area contributed by atoms with E-state index >= 15 is 0 Å². The molecule has 0 saturated carbocycles. The van der Waals surface area contributed by atoms with E-state index in [9.17, 15) is 13.2 Å². The van der Waals surface area contributed by atoms with Crippen LogP contribution in [0.1, 0.15) is 17.6 Å². The SMILES string of the molecule is Fc1cccc(Br)c1NCc1ccc(C(F)F)cc1. The van der Waals surface area contributed by atoms with Gasteiger partial charge in [0.1, 0.15) is 5.82 Å². The minimum atomic E-state index is -2.47. The van der Waals surface area contributed by atoms with Gasteiger partial charge in [-0.25, -0.2) is 13.2 Å². The molecular weight excluding hydrogens is 319 g/mol. The minimum Gasteiger partial charge on any atom is -0.378 e. The lowest BCUT2D eigenvalue weighted by molar-refractivity contribution is 0.151. The number of rotatable bonds is 4. The molecule has 1 N–H and O–H groups in total. The van der Waals surface area contributed by atoms with Crippen molar-refractivity contribution in [1.29, 1.82) is 0 Å². The summed E-state index contributed by atoms with van der Waals surface area (Å²) in [5, 5.41) is 2.94. The van der Waals surface area contributed by atoms with Crippen LogP contribution < -0.4 is 5.32 Å². The molecule has 2 aromatic rings.